The topological polar surface area (TPSA) is 97.2 Å². The predicted octanol–water partition coefficient (Wildman–Crippen LogP) is 1.62. The average Bonchev–Trinajstić information content (AvgIpc) is 2.79. The minimum atomic E-state index is -1.16. The predicted molar refractivity (Wildman–Crippen MR) is 68.2 cm³/mol. The molecule has 0 spiro atoms. The molecule has 7 heteroatoms. The number of halogens is 1. The third-order valence-corrected chi connectivity index (χ3v) is 2.57. The smallest absolute Gasteiger partial charge is 0.223 e. The summed E-state index contributed by atoms with van der Waals surface area (Å²) in [5.41, 5.74) is 4.31. The Morgan fingerprint density at radius 1 is 1.56 bits per heavy atom. The third kappa shape index (κ3) is 2.91. The van der Waals surface area contributed by atoms with Crippen LogP contribution in [0.5, 0.6) is 0 Å². The van der Waals surface area contributed by atoms with E-state index >= 15 is 0 Å². The second-order valence-corrected chi connectivity index (χ2v) is 4.43. The van der Waals surface area contributed by atoms with Gasteiger partial charge >= 0.3 is 0 Å². The van der Waals surface area contributed by atoms with Crippen LogP contribution in [0.25, 0.3) is 0 Å². The summed E-state index contributed by atoms with van der Waals surface area (Å²) in [5, 5.41) is 13.4. The highest BCUT2D eigenvalue weighted by molar-refractivity contribution is 6.29. The number of nitrogens with zero attached hydrogens (tertiary/aromatic N) is 2. The number of rotatable bonds is 4. The first-order chi connectivity index (χ1) is 8.47. The number of nitrogens with two attached hydrogens (primary N) is 1. The number of hydrogen-bond donors (Lipinski definition) is 3. The second kappa shape index (κ2) is 4.83. The van der Waals surface area contributed by atoms with E-state index in [-0.39, 0.29) is 17.6 Å². The van der Waals surface area contributed by atoms with Gasteiger partial charge in [-0.3, -0.25) is 0 Å². The van der Waals surface area contributed by atoms with Crippen LogP contribution >= 0.6 is 11.6 Å². The van der Waals surface area contributed by atoms with E-state index in [2.05, 4.69) is 15.3 Å². The average molecular weight is 269 g/mol. The van der Waals surface area contributed by atoms with Crippen LogP contribution < -0.4 is 11.1 Å². The van der Waals surface area contributed by atoms with Crippen LogP contribution in [-0.2, 0) is 5.60 Å². The SMILES string of the molecule is CC(O)(CNc1cc(Cl)nc(N)n1)c1ccco1. The van der Waals surface area contributed by atoms with Gasteiger partial charge < -0.3 is 20.6 Å². The Bertz CT molecular complexity index is 508. The molecule has 2 heterocycles. The monoisotopic (exact) mass is 268 g/mol. The first kappa shape index (κ1) is 12.7. The van der Waals surface area contributed by atoms with Gasteiger partial charge in [-0.05, 0) is 19.1 Å². The standard InChI is InChI=1S/C11H13ClN4O2/c1-11(17,7-3-2-4-18-7)6-14-9-5-8(12)15-10(13)16-9/h2-5,17H,6H2,1H3,(H3,13,14,15,16). The van der Waals surface area contributed by atoms with E-state index in [0.717, 1.165) is 0 Å². The fourth-order valence-electron chi connectivity index (χ4n) is 1.46. The van der Waals surface area contributed by atoms with Crippen molar-refractivity contribution in [2.45, 2.75) is 12.5 Å². The molecule has 1 unspecified atom stereocenters. The van der Waals surface area contributed by atoms with Crippen LogP contribution in [0.3, 0.4) is 0 Å². The Morgan fingerprint density at radius 3 is 2.94 bits per heavy atom. The molecule has 0 radical (unpaired) electrons. The number of furan rings is 1. The molecule has 0 aliphatic heterocycles. The van der Waals surface area contributed by atoms with Gasteiger partial charge in [-0.1, -0.05) is 11.6 Å². The Kier molecular flexibility index (Phi) is 3.40. The lowest BCUT2D eigenvalue weighted by Gasteiger charge is -2.21. The Hall–Kier alpha value is -1.79. The lowest BCUT2D eigenvalue weighted by Crippen LogP contribution is -2.30. The van der Waals surface area contributed by atoms with Crippen molar-refractivity contribution in [3.8, 4) is 0 Å². The van der Waals surface area contributed by atoms with Gasteiger partial charge in [-0.15, -0.1) is 0 Å². The fourth-order valence-corrected chi connectivity index (χ4v) is 1.65. The largest absolute Gasteiger partial charge is 0.466 e. The van der Waals surface area contributed by atoms with Crippen molar-refractivity contribution in [2.24, 2.45) is 0 Å². The summed E-state index contributed by atoms with van der Waals surface area (Å²) in [4.78, 5) is 7.69. The first-order valence-corrected chi connectivity index (χ1v) is 5.65. The molecule has 18 heavy (non-hydrogen) atoms. The van der Waals surface area contributed by atoms with Gasteiger partial charge in [-0.2, -0.15) is 4.98 Å². The highest BCUT2D eigenvalue weighted by atomic mass is 35.5. The maximum Gasteiger partial charge on any atom is 0.223 e. The molecule has 0 bridgehead atoms. The summed E-state index contributed by atoms with van der Waals surface area (Å²) in [7, 11) is 0. The number of nitrogens with one attached hydrogen (secondary N) is 1. The molecular weight excluding hydrogens is 256 g/mol. The second-order valence-electron chi connectivity index (χ2n) is 4.04. The maximum atomic E-state index is 10.2. The zero-order valence-corrected chi connectivity index (χ0v) is 10.5. The van der Waals surface area contributed by atoms with Gasteiger partial charge in [0.2, 0.25) is 5.95 Å². The van der Waals surface area contributed by atoms with Crippen LogP contribution in [0.1, 0.15) is 12.7 Å². The van der Waals surface area contributed by atoms with Crippen LogP contribution in [-0.4, -0.2) is 21.6 Å². The molecule has 6 nitrogen and oxygen atoms in total. The van der Waals surface area contributed by atoms with Gasteiger partial charge in [0.1, 0.15) is 22.3 Å². The number of aromatic nitrogens is 2. The summed E-state index contributed by atoms with van der Waals surface area (Å²) in [5.74, 6) is 0.977. The summed E-state index contributed by atoms with van der Waals surface area (Å²) in [6.07, 6.45) is 1.50. The van der Waals surface area contributed by atoms with Gasteiger partial charge in [0.05, 0.1) is 12.8 Å². The molecule has 2 aromatic rings. The Labute approximate surface area is 109 Å². The normalized spacial score (nSPS) is 14.2. The molecule has 4 N–H and O–H groups in total. The fraction of sp³-hybridized carbons (Fsp3) is 0.273. The van der Waals surface area contributed by atoms with Crippen LogP contribution in [0.15, 0.2) is 28.9 Å². The molecule has 96 valence electrons. The van der Waals surface area contributed by atoms with Crippen LogP contribution in [0.2, 0.25) is 5.15 Å². The molecular formula is C11H13ClN4O2. The first-order valence-electron chi connectivity index (χ1n) is 5.28. The van der Waals surface area contributed by atoms with E-state index in [1.807, 2.05) is 0 Å². The van der Waals surface area contributed by atoms with E-state index in [4.69, 9.17) is 21.8 Å². The van der Waals surface area contributed by atoms with Crippen molar-refractivity contribution in [1.82, 2.24) is 9.97 Å². The molecule has 1 atom stereocenters. The number of aliphatic hydroxyl groups is 1. The lowest BCUT2D eigenvalue weighted by atomic mass is 10.0. The quantitative estimate of drug-likeness (QED) is 0.729. The highest BCUT2D eigenvalue weighted by Crippen LogP contribution is 2.22. The van der Waals surface area contributed by atoms with Crippen LogP contribution in [0, 0.1) is 0 Å². The Balaban J connectivity index is 2.07. The molecule has 2 rings (SSSR count). The number of nitrogen functional groups attached to an aromatic ring is 1. The molecule has 0 aliphatic rings. The minimum absolute atomic E-state index is 0.0719. The Morgan fingerprint density at radius 2 is 2.33 bits per heavy atom. The minimum Gasteiger partial charge on any atom is -0.466 e. The van der Waals surface area contributed by atoms with Gasteiger partial charge in [0, 0.05) is 6.07 Å². The van der Waals surface area contributed by atoms with E-state index < -0.39 is 5.60 Å². The van der Waals surface area contributed by atoms with Crippen molar-refractivity contribution in [2.75, 3.05) is 17.6 Å². The molecule has 0 aromatic carbocycles. The van der Waals surface area contributed by atoms with Gasteiger partial charge in [0.25, 0.3) is 0 Å². The van der Waals surface area contributed by atoms with Crippen LogP contribution in [0.4, 0.5) is 11.8 Å². The van der Waals surface area contributed by atoms with E-state index in [0.29, 0.717) is 11.6 Å². The lowest BCUT2D eigenvalue weighted by molar-refractivity contribution is 0.0476. The summed E-state index contributed by atoms with van der Waals surface area (Å²) < 4.78 is 5.16. The number of anilines is 2. The zero-order valence-electron chi connectivity index (χ0n) is 9.72. The van der Waals surface area contributed by atoms with Crippen molar-refractivity contribution >= 4 is 23.4 Å². The van der Waals surface area contributed by atoms with Crippen molar-refractivity contribution in [3.63, 3.8) is 0 Å². The summed E-state index contributed by atoms with van der Waals surface area (Å²) in [6.45, 7) is 1.83. The molecule has 0 saturated heterocycles. The zero-order chi connectivity index (χ0) is 13.2. The molecule has 0 aliphatic carbocycles. The maximum absolute atomic E-state index is 10.2. The summed E-state index contributed by atoms with van der Waals surface area (Å²) >= 11 is 5.75. The van der Waals surface area contributed by atoms with E-state index in [9.17, 15) is 5.11 Å². The molecule has 2 aromatic heterocycles. The number of hydrogen-bond acceptors (Lipinski definition) is 6. The van der Waals surface area contributed by atoms with Crippen molar-refractivity contribution in [3.05, 3.63) is 35.4 Å². The highest BCUT2D eigenvalue weighted by Gasteiger charge is 2.26. The van der Waals surface area contributed by atoms with Gasteiger partial charge in [-0.25, -0.2) is 4.98 Å². The van der Waals surface area contributed by atoms with E-state index in [1.54, 1.807) is 19.1 Å². The van der Waals surface area contributed by atoms with Gasteiger partial charge in [0.15, 0.2) is 0 Å². The van der Waals surface area contributed by atoms with Crippen molar-refractivity contribution in [1.29, 1.82) is 0 Å². The molecule has 0 saturated carbocycles. The molecule has 0 amide bonds. The third-order valence-electron chi connectivity index (χ3n) is 2.38. The summed E-state index contributed by atoms with van der Waals surface area (Å²) in [6, 6.07) is 4.93. The van der Waals surface area contributed by atoms with Crippen molar-refractivity contribution < 1.29 is 9.52 Å². The van der Waals surface area contributed by atoms with E-state index in [1.165, 1.54) is 12.3 Å². The molecule has 0 fully saturated rings.